The quantitative estimate of drug-likeness (QED) is 0.267. The first-order valence-electron chi connectivity index (χ1n) is 13.7. The Labute approximate surface area is 238 Å². The summed E-state index contributed by atoms with van der Waals surface area (Å²) in [6, 6.07) is 11.0. The number of nitrogens with one attached hydrogen (secondary N) is 1. The number of hydrogen-bond acceptors (Lipinski definition) is 4. The van der Waals surface area contributed by atoms with E-state index in [1.165, 1.54) is 5.56 Å². The maximum absolute atomic E-state index is 13.4. The average molecular weight is 604 g/mol. The first-order valence-corrected chi connectivity index (χ1v) is 14.8. The van der Waals surface area contributed by atoms with E-state index >= 15 is 0 Å². The number of rotatable bonds is 6. The fraction of sp³-hybridized carbons (Fsp3) is 0.552. The van der Waals surface area contributed by atoms with Gasteiger partial charge >= 0.3 is 12.5 Å². The van der Waals surface area contributed by atoms with Gasteiger partial charge in [0.05, 0.1) is 5.56 Å². The van der Waals surface area contributed by atoms with Gasteiger partial charge in [0.25, 0.3) is 0 Å². The molecule has 0 aromatic heterocycles. The molecule has 1 unspecified atom stereocenters. The van der Waals surface area contributed by atoms with Crippen molar-refractivity contribution in [2.45, 2.75) is 76.1 Å². The number of ether oxygens (including phenoxy) is 1. The van der Waals surface area contributed by atoms with E-state index in [1.54, 1.807) is 0 Å². The third-order valence-corrected chi connectivity index (χ3v) is 9.15. The number of carbonyl (C=O) groups excluding carboxylic acids is 1. The van der Waals surface area contributed by atoms with Crippen molar-refractivity contribution in [3.8, 4) is 5.75 Å². The van der Waals surface area contributed by atoms with Gasteiger partial charge in [-0.25, -0.2) is 0 Å². The van der Waals surface area contributed by atoms with Crippen molar-refractivity contribution in [1.29, 1.82) is 0 Å². The Morgan fingerprint density at radius 3 is 2.02 bits per heavy atom. The second-order valence-electron chi connectivity index (χ2n) is 11.7. The van der Waals surface area contributed by atoms with Crippen LogP contribution in [-0.4, -0.2) is 54.8 Å². The van der Waals surface area contributed by atoms with Crippen LogP contribution in [0.25, 0.3) is 0 Å². The number of benzene rings is 2. The van der Waals surface area contributed by atoms with Crippen molar-refractivity contribution in [3.63, 3.8) is 0 Å². The molecule has 1 amide bonds. The molecule has 226 valence electrons. The van der Waals surface area contributed by atoms with Gasteiger partial charge in [-0.2, -0.15) is 13.2 Å². The lowest BCUT2D eigenvalue weighted by atomic mass is 9.87. The largest absolute Gasteiger partial charge is 0.573 e. The zero-order chi connectivity index (χ0) is 30.0. The van der Waals surface area contributed by atoms with Crippen LogP contribution in [0.15, 0.2) is 42.5 Å². The maximum Gasteiger partial charge on any atom is 0.573 e. The molecule has 4 rings (SSSR count). The summed E-state index contributed by atoms with van der Waals surface area (Å²) in [6.07, 6.45) is -7.40. The average Bonchev–Trinajstić information content (AvgIpc) is 2.89. The van der Waals surface area contributed by atoms with Gasteiger partial charge in [0.15, 0.2) is 0 Å². The second-order valence-corrected chi connectivity index (χ2v) is 13.2. The van der Waals surface area contributed by atoms with Gasteiger partial charge in [0.2, 0.25) is 5.65 Å². The molecule has 1 N–H and O–H groups in total. The summed E-state index contributed by atoms with van der Waals surface area (Å²) in [5.41, 5.74) is 1.50. The minimum absolute atomic E-state index is 0.0831. The highest BCUT2D eigenvalue weighted by Crippen LogP contribution is 2.41. The molecule has 1 heterocycles. The highest BCUT2D eigenvalue weighted by atomic mass is 31.1. The first kappa shape index (κ1) is 31.3. The summed E-state index contributed by atoms with van der Waals surface area (Å²) in [5, 5.41) is 3.02. The van der Waals surface area contributed by atoms with Gasteiger partial charge in [0.1, 0.15) is 5.75 Å². The molecule has 2 aliphatic rings. The summed E-state index contributed by atoms with van der Waals surface area (Å²) < 4.78 is 81.2. The lowest BCUT2D eigenvalue weighted by molar-refractivity contribution is -0.276. The number of piperazine rings is 1. The third kappa shape index (κ3) is 8.66. The minimum atomic E-state index is -5.22. The van der Waals surface area contributed by atoms with Gasteiger partial charge in [-0.3, -0.25) is 4.79 Å². The topological polar surface area (TPSA) is 44.8 Å². The summed E-state index contributed by atoms with van der Waals surface area (Å²) in [7, 11) is 0.146. The van der Waals surface area contributed by atoms with Crippen LogP contribution in [0.1, 0.15) is 57.6 Å². The number of alkyl halides is 6. The molecule has 5 nitrogen and oxygen atoms in total. The summed E-state index contributed by atoms with van der Waals surface area (Å²) in [6.45, 7) is 9.42. The van der Waals surface area contributed by atoms with E-state index in [4.69, 9.17) is 0 Å². The van der Waals surface area contributed by atoms with Gasteiger partial charge in [-0.05, 0) is 81.2 Å². The smallest absolute Gasteiger partial charge is 0.405 e. The molecule has 1 aliphatic carbocycles. The van der Waals surface area contributed by atoms with Crippen LogP contribution in [-0.2, 0) is 11.6 Å². The number of carbonyl (C=O) groups is 1. The highest BCUT2D eigenvalue weighted by molar-refractivity contribution is 7.58. The molecular weight excluding hydrogens is 567 g/mol. The zero-order valence-corrected chi connectivity index (χ0v) is 24.3. The lowest BCUT2D eigenvalue weighted by Gasteiger charge is -2.37. The van der Waals surface area contributed by atoms with Crippen LogP contribution in [0.3, 0.4) is 0 Å². The first-order chi connectivity index (χ1) is 19.1. The van der Waals surface area contributed by atoms with Crippen LogP contribution < -0.4 is 15.0 Å². The summed E-state index contributed by atoms with van der Waals surface area (Å²) in [5.74, 6) is -1.28. The molecule has 1 saturated carbocycles. The second kappa shape index (κ2) is 12.3. The van der Waals surface area contributed by atoms with Crippen LogP contribution in [0, 0.1) is 0 Å². The van der Waals surface area contributed by atoms with Crippen molar-refractivity contribution in [1.82, 2.24) is 4.90 Å². The Morgan fingerprint density at radius 2 is 1.49 bits per heavy atom. The van der Waals surface area contributed by atoms with Gasteiger partial charge in [0, 0.05) is 43.6 Å². The van der Waals surface area contributed by atoms with Gasteiger partial charge in [-0.1, -0.05) is 32.9 Å². The van der Waals surface area contributed by atoms with Gasteiger partial charge < -0.3 is 19.9 Å². The molecule has 2 aromatic carbocycles. The number of nitrogens with zero attached hydrogens (tertiary/aromatic N) is 2. The molecule has 0 radical (unpaired) electrons. The molecular formula is C29H36F6N3O2P. The summed E-state index contributed by atoms with van der Waals surface area (Å²) >= 11 is 0. The highest BCUT2D eigenvalue weighted by Gasteiger charge is 2.39. The van der Waals surface area contributed by atoms with Crippen LogP contribution >= 0.6 is 8.58 Å². The lowest BCUT2D eigenvalue weighted by Crippen LogP contribution is -2.47. The summed E-state index contributed by atoms with van der Waals surface area (Å²) in [4.78, 5) is 17.2. The maximum atomic E-state index is 13.4. The van der Waals surface area contributed by atoms with Crippen molar-refractivity contribution in [2.24, 2.45) is 0 Å². The van der Waals surface area contributed by atoms with E-state index in [9.17, 15) is 31.1 Å². The molecule has 2 aromatic rings. The normalized spacial score (nSPS) is 20.9. The zero-order valence-electron chi connectivity index (χ0n) is 23.3. The van der Waals surface area contributed by atoms with E-state index in [0.717, 1.165) is 37.7 Å². The Hall–Kier alpha value is -2.68. The number of anilines is 2. The third-order valence-electron chi connectivity index (χ3n) is 7.60. The monoisotopic (exact) mass is 603 g/mol. The number of halogens is 6. The Kier molecular flexibility index (Phi) is 9.36. The molecule has 1 saturated heterocycles. The molecule has 1 aliphatic heterocycles. The van der Waals surface area contributed by atoms with Crippen LogP contribution in [0.2, 0.25) is 0 Å². The van der Waals surface area contributed by atoms with Crippen molar-refractivity contribution in [3.05, 3.63) is 53.6 Å². The predicted octanol–water partition coefficient (Wildman–Crippen LogP) is 8.25. The molecule has 1 atom stereocenters. The Morgan fingerprint density at radius 1 is 0.878 bits per heavy atom. The number of amides is 1. The molecule has 0 spiro atoms. The van der Waals surface area contributed by atoms with Crippen molar-refractivity contribution >= 4 is 25.6 Å². The fourth-order valence-electron chi connectivity index (χ4n) is 5.28. The SMILES string of the molecule is CC(C)(C)c1ccc(N2CCN(C(=O)PC3CCC(Nc4ccc(OC(F)(F)F)c(C(F)(F)F)c4)CC3)CC2)cc1. The van der Waals surface area contributed by atoms with Crippen molar-refractivity contribution in [2.75, 3.05) is 36.4 Å². The fourth-order valence-corrected chi connectivity index (χ4v) is 6.66. The van der Waals surface area contributed by atoms with Crippen LogP contribution in [0.5, 0.6) is 5.75 Å². The van der Waals surface area contributed by atoms with E-state index in [-0.39, 0.29) is 37.0 Å². The van der Waals surface area contributed by atoms with E-state index in [1.807, 2.05) is 4.90 Å². The standard InChI is InChI=1S/C29H36F6N3O2P/c1-27(2,3)19-4-9-22(10-5-19)37-14-16-38(17-15-37)26(39)41-23-11-6-20(7-12-23)36-21-8-13-25(40-29(33,34)35)24(18-21)28(30,31)32/h4-5,8-10,13,18,20,23,36,41H,6-7,11-12,14-17H2,1-3H3. The minimum Gasteiger partial charge on any atom is -0.405 e. The van der Waals surface area contributed by atoms with E-state index in [2.05, 4.69) is 60.0 Å². The van der Waals surface area contributed by atoms with Crippen LogP contribution in [0.4, 0.5) is 42.5 Å². The van der Waals surface area contributed by atoms with E-state index in [0.29, 0.717) is 38.1 Å². The molecule has 2 fully saturated rings. The molecule has 0 bridgehead atoms. The Bertz CT molecular complexity index is 1180. The van der Waals surface area contributed by atoms with Gasteiger partial charge in [-0.15, -0.1) is 13.2 Å². The predicted molar refractivity (Wildman–Crippen MR) is 150 cm³/mol. The Balaban J connectivity index is 1.24. The number of hydrogen-bond donors (Lipinski definition) is 1. The molecule has 41 heavy (non-hydrogen) atoms. The van der Waals surface area contributed by atoms with E-state index < -0.39 is 23.9 Å². The van der Waals surface area contributed by atoms with Crippen molar-refractivity contribution < 1.29 is 35.9 Å². The molecule has 12 heteroatoms.